The van der Waals surface area contributed by atoms with Crippen molar-refractivity contribution >= 4 is 17.9 Å². The molecule has 1 aliphatic carbocycles. The predicted molar refractivity (Wildman–Crippen MR) is 97.2 cm³/mol. The molecule has 1 atom stereocenters. The van der Waals surface area contributed by atoms with Gasteiger partial charge in [-0.3, -0.25) is 14.9 Å². The van der Waals surface area contributed by atoms with Crippen LogP contribution in [-0.4, -0.2) is 50.1 Å². The smallest absolute Gasteiger partial charge is 0.358 e. The first-order valence-electron chi connectivity index (χ1n) is 9.35. The minimum atomic E-state index is -1.45. The molecule has 1 saturated carbocycles. The Bertz CT molecular complexity index is 663. The van der Waals surface area contributed by atoms with Crippen molar-refractivity contribution in [1.82, 2.24) is 15.2 Å². The molecule has 1 fully saturated rings. The second-order valence-corrected chi connectivity index (χ2v) is 8.77. The molecule has 2 rings (SSSR count). The predicted octanol–water partition coefficient (Wildman–Crippen LogP) is 2.93. The van der Waals surface area contributed by atoms with Crippen molar-refractivity contribution < 1.29 is 24.4 Å². The van der Waals surface area contributed by atoms with Crippen LogP contribution in [0.4, 0.5) is 10.7 Å². The molecule has 152 valence electrons. The van der Waals surface area contributed by atoms with E-state index in [0.29, 0.717) is 12.3 Å². The summed E-state index contributed by atoms with van der Waals surface area (Å²) in [5.74, 6) is -0.120. The molecular formula is C18H30N4O5. The lowest BCUT2D eigenvalue weighted by Crippen LogP contribution is -2.50. The molecule has 1 aromatic rings. The molecule has 9 nitrogen and oxygen atoms in total. The van der Waals surface area contributed by atoms with Crippen LogP contribution in [0, 0.1) is 11.3 Å². The molecule has 0 bridgehead atoms. The van der Waals surface area contributed by atoms with E-state index in [-0.39, 0.29) is 41.2 Å². The van der Waals surface area contributed by atoms with Gasteiger partial charge in [-0.15, -0.1) is 5.06 Å². The molecule has 0 unspecified atom stereocenters. The summed E-state index contributed by atoms with van der Waals surface area (Å²) < 4.78 is 5.20. The van der Waals surface area contributed by atoms with E-state index in [2.05, 4.69) is 10.1 Å². The number of amides is 3. The highest BCUT2D eigenvalue weighted by Crippen LogP contribution is 2.39. The maximum Gasteiger partial charge on any atom is 0.358 e. The van der Waals surface area contributed by atoms with E-state index in [1.807, 2.05) is 34.6 Å². The van der Waals surface area contributed by atoms with Crippen molar-refractivity contribution in [3.05, 3.63) is 5.89 Å². The van der Waals surface area contributed by atoms with E-state index in [9.17, 15) is 19.9 Å². The van der Waals surface area contributed by atoms with Crippen LogP contribution in [-0.2, 0) is 4.79 Å². The van der Waals surface area contributed by atoms with E-state index in [0.717, 1.165) is 17.7 Å². The van der Waals surface area contributed by atoms with E-state index in [1.54, 1.807) is 0 Å². The fourth-order valence-electron chi connectivity index (χ4n) is 2.50. The van der Waals surface area contributed by atoms with Gasteiger partial charge in [0.25, 0.3) is 11.9 Å². The number of hydrogen-bond donors (Lipinski definition) is 2. The third-order valence-electron chi connectivity index (χ3n) is 4.15. The molecule has 0 saturated heterocycles. The summed E-state index contributed by atoms with van der Waals surface area (Å²) in [6.07, 6.45) is 1.22. The average molecular weight is 382 g/mol. The first-order valence-corrected chi connectivity index (χ1v) is 9.35. The Labute approximate surface area is 159 Å². The summed E-state index contributed by atoms with van der Waals surface area (Å²) in [5, 5.41) is 23.9. The van der Waals surface area contributed by atoms with Gasteiger partial charge in [0.2, 0.25) is 5.89 Å². The largest absolute Gasteiger partial charge is 0.383 e. The van der Waals surface area contributed by atoms with Crippen LogP contribution in [0.5, 0.6) is 0 Å². The highest BCUT2D eigenvalue weighted by molar-refractivity contribution is 6.01. The van der Waals surface area contributed by atoms with Gasteiger partial charge < -0.3 is 9.63 Å². The lowest BCUT2D eigenvalue weighted by molar-refractivity contribution is -0.162. The molecule has 27 heavy (non-hydrogen) atoms. The quantitative estimate of drug-likeness (QED) is 0.549. The molecule has 1 aliphatic rings. The van der Waals surface area contributed by atoms with Gasteiger partial charge in [-0.1, -0.05) is 34.6 Å². The fourth-order valence-corrected chi connectivity index (χ4v) is 2.50. The maximum absolute atomic E-state index is 12.7. The highest BCUT2D eigenvalue weighted by Gasteiger charge is 2.36. The number of rotatable bonds is 7. The summed E-state index contributed by atoms with van der Waals surface area (Å²) in [7, 11) is 0. The van der Waals surface area contributed by atoms with Gasteiger partial charge in [0, 0.05) is 12.5 Å². The number of nitrogens with zero attached hydrogens (tertiary/aromatic N) is 4. The Kier molecular flexibility index (Phi) is 6.59. The molecule has 0 aromatic carbocycles. The highest BCUT2D eigenvalue weighted by atomic mass is 16.5. The van der Waals surface area contributed by atoms with Crippen molar-refractivity contribution in [3.8, 4) is 0 Å². The molecule has 1 heterocycles. The van der Waals surface area contributed by atoms with E-state index in [4.69, 9.17) is 4.52 Å². The van der Waals surface area contributed by atoms with Gasteiger partial charge in [-0.25, -0.2) is 4.79 Å². The number of imide groups is 1. The summed E-state index contributed by atoms with van der Waals surface area (Å²) in [6.45, 7) is 9.76. The minimum absolute atomic E-state index is 0.000320. The first-order chi connectivity index (χ1) is 12.5. The topological polar surface area (TPSA) is 120 Å². The summed E-state index contributed by atoms with van der Waals surface area (Å²) >= 11 is 0. The van der Waals surface area contributed by atoms with Crippen molar-refractivity contribution in [3.63, 3.8) is 0 Å². The van der Waals surface area contributed by atoms with Gasteiger partial charge in [0.1, 0.15) is 6.10 Å². The van der Waals surface area contributed by atoms with Gasteiger partial charge in [-0.2, -0.15) is 4.98 Å². The molecule has 0 spiro atoms. The Morgan fingerprint density at radius 1 is 1.26 bits per heavy atom. The minimum Gasteiger partial charge on any atom is -0.383 e. The number of aliphatic hydroxyl groups excluding tert-OH is 1. The van der Waals surface area contributed by atoms with Crippen molar-refractivity contribution in [1.29, 1.82) is 0 Å². The standard InChI is InChI=1S/C18H30N4O5/c1-11(2)6-9-13(23)15(24)22(26)17(25)21(10-18(3,4)5)16-19-14(27-20-16)12-7-8-12/h11-13,23,26H,6-10H2,1-5H3/t13-/m0/s1. The molecule has 1 aromatic heterocycles. The number of carbonyl (C=O) groups excluding carboxylic acids is 2. The van der Waals surface area contributed by atoms with Crippen LogP contribution in [0.25, 0.3) is 0 Å². The van der Waals surface area contributed by atoms with Crippen molar-refractivity contribution in [2.24, 2.45) is 11.3 Å². The second kappa shape index (κ2) is 8.35. The zero-order chi connectivity index (χ0) is 20.4. The number of aliphatic hydroxyl groups is 1. The maximum atomic E-state index is 12.7. The van der Waals surface area contributed by atoms with Gasteiger partial charge in [0.15, 0.2) is 0 Å². The number of aromatic nitrogens is 2. The van der Waals surface area contributed by atoms with Gasteiger partial charge in [-0.05, 0) is 42.2 Å². The van der Waals surface area contributed by atoms with Crippen LogP contribution in [0.15, 0.2) is 4.52 Å². The van der Waals surface area contributed by atoms with Crippen LogP contribution in [0.1, 0.15) is 72.1 Å². The van der Waals surface area contributed by atoms with E-state index >= 15 is 0 Å². The number of carbonyl (C=O) groups is 2. The average Bonchev–Trinajstić information content (AvgIpc) is 3.32. The molecule has 0 radical (unpaired) electrons. The van der Waals surface area contributed by atoms with E-state index < -0.39 is 18.0 Å². The number of hydroxylamine groups is 2. The Morgan fingerprint density at radius 2 is 1.89 bits per heavy atom. The lowest BCUT2D eigenvalue weighted by atomic mass is 9.96. The summed E-state index contributed by atoms with van der Waals surface area (Å²) in [4.78, 5) is 30.3. The fraction of sp³-hybridized carbons (Fsp3) is 0.778. The second-order valence-electron chi connectivity index (χ2n) is 8.77. The van der Waals surface area contributed by atoms with Crippen LogP contribution < -0.4 is 4.90 Å². The SMILES string of the molecule is CC(C)CC[C@H](O)C(=O)N(O)C(=O)N(CC(C)(C)C)c1noc(C2CC2)n1. The third kappa shape index (κ3) is 6.00. The number of urea groups is 1. The van der Waals surface area contributed by atoms with E-state index in [1.165, 1.54) is 0 Å². The molecule has 0 aliphatic heterocycles. The van der Waals surface area contributed by atoms with Gasteiger partial charge >= 0.3 is 6.03 Å². The molecular weight excluding hydrogens is 352 g/mol. The lowest BCUT2D eigenvalue weighted by Gasteiger charge is -2.29. The molecule has 3 amide bonds. The van der Waals surface area contributed by atoms with Gasteiger partial charge in [0.05, 0.1) is 0 Å². The van der Waals surface area contributed by atoms with Crippen LogP contribution in [0.2, 0.25) is 0 Å². The van der Waals surface area contributed by atoms with Crippen LogP contribution in [0.3, 0.4) is 0 Å². The normalized spacial score (nSPS) is 15.7. The number of anilines is 1. The monoisotopic (exact) mass is 382 g/mol. The zero-order valence-electron chi connectivity index (χ0n) is 16.7. The van der Waals surface area contributed by atoms with Crippen molar-refractivity contribution in [2.75, 3.05) is 11.4 Å². The first kappa shape index (κ1) is 21.3. The zero-order valence-corrected chi connectivity index (χ0v) is 16.7. The molecule has 2 N–H and O–H groups in total. The third-order valence-corrected chi connectivity index (χ3v) is 4.15. The number of hydrogen-bond acceptors (Lipinski definition) is 7. The Hall–Kier alpha value is -2.00. The molecule has 9 heteroatoms. The summed E-state index contributed by atoms with van der Waals surface area (Å²) in [5.41, 5.74) is -0.351. The Morgan fingerprint density at radius 3 is 2.41 bits per heavy atom. The summed E-state index contributed by atoms with van der Waals surface area (Å²) in [6, 6.07) is -1.01. The van der Waals surface area contributed by atoms with Crippen molar-refractivity contribution in [2.45, 2.75) is 72.3 Å². The van der Waals surface area contributed by atoms with Crippen LogP contribution >= 0.6 is 0 Å². The Balaban J connectivity index is 2.15.